The standard InChI is InChI=1S/C19H30N2O2/c1-14(2)16-7-6-8-17(15(3)4)19(16)23-18(22)13-21-11-9-20(5)10-12-21/h6-8,14-15H,9-13H2,1-5H3. The van der Waals surface area contributed by atoms with E-state index in [4.69, 9.17) is 4.74 Å². The predicted octanol–water partition coefficient (Wildman–Crippen LogP) is 3.09. The van der Waals surface area contributed by atoms with Gasteiger partial charge in [-0.1, -0.05) is 45.9 Å². The number of rotatable bonds is 5. The average molecular weight is 318 g/mol. The largest absolute Gasteiger partial charge is 0.425 e. The van der Waals surface area contributed by atoms with Gasteiger partial charge in [0.2, 0.25) is 0 Å². The van der Waals surface area contributed by atoms with E-state index in [1.165, 1.54) is 0 Å². The number of ether oxygens (including phenoxy) is 1. The first-order chi connectivity index (χ1) is 10.9. The molecule has 1 aliphatic rings. The molecule has 0 spiro atoms. The Morgan fingerprint density at radius 1 is 1.04 bits per heavy atom. The number of likely N-dealkylation sites (N-methyl/N-ethyl adjacent to an activating group) is 1. The van der Waals surface area contributed by atoms with Crippen molar-refractivity contribution in [3.05, 3.63) is 29.3 Å². The van der Waals surface area contributed by atoms with Crippen LogP contribution >= 0.6 is 0 Å². The van der Waals surface area contributed by atoms with Gasteiger partial charge in [0.05, 0.1) is 6.54 Å². The molecule has 0 aliphatic carbocycles. The Morgan fingerprint density at radius 3 is 2.04 bits per heavy atom. The van der Waals surface area contributed by atoms with E-state index in [0.29, 0.717) is 18.4 Å². The highest BCUT2D eigenvalue weighted by molar-refractivity contribution is 5.75. The number of esters is 1. The van der Waals surface area contributed by atoms with Crippen LogP contribution < -0.4 is 4.74 Å². The van der Waals surface area contributed by atoms with E-state index in [-0.39, 0.29) is 5.97 Å². The molecule has 1 saturated heterocycles. The van der Waals surface area contributed by atoms with Crippen LogP contribution in [0.2, 0.25) is 0 Å². The van der Waals surface area contributed by atoms with Crippen molar-refractivity contribution in [3.8, 4) is 5.75 Å². The first-order valence-electron chi connectivity index (χ1n) is 8.63. The van der Waals surface area contributed by atoms with E-state index < -0.39 is 0 Å². The molecule has 0 atom stereocenters. The SMILES string of the molecule is CC(C)c1cccc(C(C)C)c1OC(=O)CN1CCN(C)CC1. The maximum atomic E-state index is 12.4. The molecule has 1 aromatic rings. The summed E-state index contributed by atoms with van der Waals surface area (Å²) in [5.74, 6) is 1.29. The molecule has 1 fully saturated rings. The normalized spacial score (nSPS) is 17.0. The van der Waals surface area contributed by atoms with Crippen LogP contribution in [0.1, 0.15) is 50.7 Å². The van der Waals surface area contributed by atoms with Crippen LogP contribution in [-0.2, 0) is 4.79 Å². The predicted molar refractivity (Wildman–Crippen MR) is 94.2 cm³/mol. The molecule has 1 heterocycles. The first kappa shape index (κ1) is 18.0. The Hall–Kier alpha value is -1.39. The molecule has 0 saturated carbocycles. The van der Waals surface area contributed by atoms with Crippen LogP contribution in [0.15, 0.2) is 18.2 Å². The number of nitrogens with zero attached hydrogens (tertiary/aromatic N) is 2. The lowest BCUT2D eigenvalue weighted by molar-refractivity contribution is -0.136. The number of carbonyl (C=O) groups excluding carboxylic acids is 1. The minimum absolute atomic E-state index is 0.149. The zero-order valence-corrected chi connectivity index (χ0v) is 15.1. The third-order valence-corrected chi connectivity index (χ3v) is 4.48. The smallest absolute Gasteiger partial charge is 0.325 e. The van der Waals surface area contributed by atoms with Gasteiger partial charge in [0.1, 0.15) is 5.75 Å². The van der Waals surface area contributed by atoms with Crippen LogP contribution in [0.3, 0.4) is 0 Å². The number of hydrogen-bond donors (Lipinski definition) is 0. The lowest BCUT2D eigenvalue weighted by Gasteiger charge is -2.31. The van der Waals surface area contributed by atoms with Gasteiger partial charge >= 0.3 is 5.97 Å². The van der Waals surface area contributed by atoms with Crippen LogP contribution in [0, 0.1) is 0 Å². The molecule has 0 bridgehead atoms. The van der Waals surface area contributed by atoms with Gasteiger partial charge in [0.15, 0.2) is 0 Å². The van der Waals surface area contributed by atoms with Crippen molar-refractivity contribution in [2.45, 2.75) is 39.5 Å². The second-order valence-electron chi connectivity index (χ2n) is 7.13. The lowest BCUT2D eigenvalue weighted by Crippen LogP contribution is -2.46. The lowest BCUT2D eigenvalue weighted by atomic mass is 9.94. The Kier molecular flexibility index (Phi) is 6.19. The van der Waals surface area contributed by atoms with Crippen molar-refractivity contribution < 1.29 is 9.53 Å². The molecule has 0 unspecified atom stereocenters. The molecule has 23 heavy (non-hydrogen) atoms. The molecule has 4 heteroatoms. The van der Waals surface area contributed by atoms with Crippen LogP contribution in [0.5, 0.6) is 5.75 Å². The van der Waals surface area contributed by atoms with Crippen LogP contribution in [0.25, 0.3) is 0 Å². The molecule has 4 nitrogen and oxygen atoms in total. The van der Waals surface area contributed by atoms with Gasteiger partial charge < -0.3 is 9.64 Å². The quantitative estimate of drug-likeness (QED) is 0.617. The summed E-state index contributed by atoms with van der Waals surface area (Å²) in [4.78, 5) is 16.9. The number of hydrogen-bond acceptors (Lipinski definition) is 4. The van der Waals surface area contributed by atoms with Gasteiger partial charge in [-0.3, -0.25) is 9.69 Å². The van der Waals surface area contributed by atoms with Gasteiger partial charge in [-0.05, 0) is 30.0 Å². The summed E-state index contributed by atoms with van der Waals surface area (Å²) in [5, 5.41) is 0. The van der Waals surface area contributed by atoms with Gasteiger partial charge in [-0.15, -0.1) is 0 Å². The van der Waals surface area contributed by atoms with E-state index in [0.717, 1.165) is 43.1 Å². The first-order valence-corrected chi connectivity index (χ1v) is 8.63. The van der Waals surface area contributed by atoms with E-state index >= 15 is 0 Å². The van der Waals surface area contributed by atoms with Crippen molar-refractivity contribution in [1.29, 1.82) is 0 Å². The van der Waals surface area contributed by atoms with E-state index in [1.807, 2.05) is 0 Å². The molecule has 2 rings (SSSR count). The van der Waals surface area contributed by atoms with Crippen molar-refractivity contribution in [3.63, 3.8) is 0 Å². The van der Waals surface area contributed by atoms with Crippen LogP contribution in [0.4, 0.5) is 0 Å². The highest BCUT2D eigenvalue weighted by Gasteiger charge is 2.21. The summed E-state index contributed by atoms with van der Waals surface area (Å²) in [7, 11) is 2.11. The minimum Gasteiger partial charge on any atom is -0.425 e. The Labute approximate surface area is 140 Å². The summed E-state index contributed by atoms with van der Waals surface area (Å²) >= 11 is 0. The van der Waals surface area contributed by atoms with E-state index in [9.17, 15) is 4.79 Å². The second kappa shape index (κ2) is 7.93. The van der Waals surface area contributed by atoms with Crippen molar-refractivity contribution in [2.75, 3.05) is 39.8 Å². The molecule has 0 N–H and O–H groups in total. The van der Waals surface area contributed by atoms with E-state index in [2.05, 4.69) is 62.7 Å². The van der Waals surface area contributed by atoms with Crippen LogP contribution in [-0.4, -0.2) is 55.5 Å². The Balaban J connectivity index is 2.10. The number of benzene rings is 1. The fraction of sp³-hybridized carbons (Fsp3) is 0.632. The number of para-hydroxylation sites is 1. The molecule has 0 radical (unpaired) electrons. The van der Waals surface area contributed by atoms with Gasteiger partial charge in [0.25, 0.3) is 0 Å². The summed E-state index contributed by atoms with van der Waals surface area (Å²) in [6.07, 6.45) is 0. The fourth-order valence-electron chi connectivity index (χ4n) is 2.94. The molecular weight excluding hydrogens is 288 g/mol. The maximum Gasteiger partial charge on any atom is 0.325 e. The van der Waals surface area contributed by atoms with Crippen molar-refractivity contribution >= 4 is 5.97 Å². The summed E-state index contributed by atoms with van der Waals surface area (Å²) in [6, 6.07) is 6.19. The van der Waals surface area contributed by atoms with E-state index in [1.54, 1.807) is 0 Å². The third-order valence-electron chi connectivity index (χ3n) is 4.48. The monoisotopic (exact) mass is 318 g/mol. The molecule has 128 valence electrons. The number of piperazine rings is 1. The zero-order chi connectivity index (χ0) is 17.0. The maximum absolute atomic E-state index is 12.4. The van der Waals surface area contributed by atoms with Gasteiger partial charge in [-0.25, -0.2) is 0 Å². The fourth-order valence-corrected chi connectivity index (χ4v) is 2.94. The summed E-state index contributed by atoms with van der Waals surface area (Å²) in [5.41, 5.74) is 2.23. The molecule has 0 amide bonds. The zero-order valence-electron chi connectivity index (χ0n) is 15.1. The third kappa shape index (κ3) is 4.79. The van der Waals surface area contributed by atoms with Gasteiger partial charge in [0, 0.05) is 26.2 Å². The Morgan fingerprint density at radius 2 is 1.57 bits per heavy atom. The second-order valence-corrected chi connectivity index (χ2v) is 7.13. The summed E-state index contributed by atoms with van der Waals surface area (Å²) in [6.45, 7) is 12.8. The topological polar surface area (TPSA) is 32.8 Å². The highest BCUT2D eigenvalue weighted by Crippen LogP contribution is 2.34. The highest BCUT2D eigenvalue weighted by atomic mass is 16.5. The Bertz CT molecular complexity index is 506. The molecule has 1 aromatic carbocycles. The minimum atomic E-state index is -0.149. The average Bonchev–Trinajstić information content (AvgIpc) is 2.49. The van der Waals surface area contributed by atoms with Gasteiger partial charge in [-0.2, -0.15) is 0 Å². The molecular formula is C19H30N2O2. The molecule has 0 aromatic heterocycles. The van der Waals surface area contributed by atoms with Crippen molar-refractivity contribution in [2.24, 2.45) is 0 Å². The molecule has 1 aliphatic heterocycles. The summed E-state index contributed by atoms with van der Waals surface area (Å²) < 4.78 is 5.83. The van der Waals surface area contributed by atoms with Crippen molar-refractivity contribution in [1.82, 2.24) is 9.80 Å². The number of carbonyl (C=O) groups is 1.